The molecule has 0 unspecified atom stereocenters. The fourth-order valence-corrected chi connectivity index (χ4v) is 3.22. The van der Waals surface area contributed by atoms with E-state index in [-0.39, 0.29) is 18.3 Å². The molecule has 1 atom stereocenters. The van der Waals surface area contributed by atoms with Gasteiger partial charge in [0.1, 0.15) is 11.9 Å². The molecule has 2 heterocycles. The molecule has 1 aliphatic rings. The number of piperidine rings is 1. The molecule has 3 rings (SSSR count). The summed E-state index contributed by atoms with van der Waals surface area (Å²) >= 11 is 0. The van der Waals surface area contributed by atoms with E-state index in [0.717, 1.165) is 31.5 Å². The first-order valence-corrected chi connectivity index (χ1v) is 8.58. The third-order valence-corrected chi connectivity index (χ3v) is 4.49. The monoisotopic (exact) mass is 346 g/mol. The summed E-state index contributed by atoms with van der Waals surface area (Å²) in [7, 11) is 1.72. The average molecular weight is 346 g/mol. The first kappa shape index (κ1) is 17.5. The fraction of sp³-hybridized carbons (Fsp3) is 0.500. The molecule has 1 aromatic carbocycles. The predicted molar refractivity (Wildman–Crippen MR) is 90.1 cm³/mol. The van der Waals surface area contributed by atoms with Crippen LogP contribution in [0, 0.1) is 12.7 Å². The lowest BCUT2D eigenvalue weighted by Gasteiger charge is -2.35. The third-order valence-electron chi connectivity index (χ3n) is 4.49. The Morgan fingerprint density at radius 1 is 1.24 bits per heavy atom. The lowest BCUT2D eigenvalue weighted by atomic mass is 10.0. The van der Waals surface area contributed by atoms with Crippen LogP contribution in [-0.2, 0) is 11.3 Å². The van der Waals surface area contributed by atoms with Crippen molar-refractivity contribution < 1.29 is 13.6 Å². The number of hydrogen-bond donors (Lipinski definition) is 0. The van der Waals surface area contributed by atoms with Gasteiger partial charge in [-0.3, -0.25) is 9.69 Å². The van der Waals surface area contributed by atoms with Gasteiger partial charge in [-0.2, -0.15) is 0 Å². The number of benzene rings is 1. The Morgan fingerprint density at radius 2 is 1.92 bits per heavy atom. The zero-order chi connectivity index (χ0) is 17.8. The lowest BCUT2D eigenvalue weighted by molar-refractivity contribution is -0.137. The van der Waals surface area contributed by atoms with Gasteiger partial charge in [0.05, 0.1) is 6.54 Å². The minimum absolute atomic E-state index is 0.0515. The molecule has 0 radical (unpaired) electrons. The minimum Gasteiger partial charge on any atom is -0.424 e. The number of halogens is 1. The summed E-state index contributed by atoms with van der Waals surface area (Å²) in [5.74, 6) is 0.527. The van der Waals surface area contributed by atoms with E-state index in [0.29, 0.717) is 11.8 Å². The summed E-state index contributed by atoms with van der Waals surface area (Å²) in [6.45, 7) is 3.70. The zero-order valence-corrected chi connectivity index (χ0v) is 14.6. The van der Waals surface area contributed by atoms with Crippen LogP contribution in [0.15, 0.2) is 28.7 Å². The number of carbonyl (C=O) groups is 1. The Bertz CT molecular complexity index is 710. The first-order chi connectivity index (χ1) is 12.0. The lowest BCUT2D eigenvalue weighted by Crippen LogP contribution is -2.43. The zero-order valence-electron chi connectivity index (χ0n) is 14.6. The van der Waals surface area contributed by atoms with E-state index in [9.17, 15) is 9.18 Å². The van der Waals surface area contributed by atoms with Crippen LogP contribution in [0.4, 0.5) is 4.39 Å². The van der Waals surface area contributed by atoms with Crippen LogP contribution in [0.5, 0.6) is 0 Å². The summed E-state index contributed by atoms with van der Waals surface area (Å²) in [4.78, 5) is 16.9. The van der Waals surface area contributed by atoms with Crippen LogP contribution in [0.2, 0.25) is 0 Å². The highest BCUT2D eigenvalue weighted by Crippen LogP contribution is 2.27. The molecule has 2 aromatic rings. The Kier molecular flexibility index (Phi) is 5.43. The number of rotatable bonds is 5. The van der Waals surface area contributed by atoms with E-state index < -0.39 is 6.04 Å². The van der Waals surface area contributed by atoms with E-state index in [1.165, 1.54) is 18.6 Å². The predicted octanol–water partition coefficient (Wildman–Crippen LogP) is 2.70. The van der Waals surface area contributed by atoms with Crippen LogP contribution in [0.3, 0.4) is 0 Å². The van der Waals surface area contributed by atoms with Crippen molar-refractivity contribution in [3.05, 3.63) is 47.4 Å². The van der Waals surface area contributed by atoms with E-state index in [1.807, 2.05) is 0 Å². The van der Waals surface area contributed by atoms with Crippen molar-refractivity contribution >= 4 is 5.91 Å². The van der Waals surface area contributed by atoms with Gasteiger partial charge in [-0.25, -0.2) is 4.39 Å². The maximum atomic E-state index is 13.3. The summed E-state index contributed by atoms with van der Waals surface area (Å²) in [6, 6.07) is 5.77. The van der Waals surface area contributed by atoms with Crippen molar-refractivity contribution in [3.63, 3.8) is 0 Å². The number of likely N-dealkylation sites (tertiary alicyclic amines) is 1. The molecule has 0 N–H and O–H groups in total. The highest BCUT2D eigenvalue weighted by atomic mass is 19.1. The van der Waals surface area contributed by atoms with E-state index in [4.69, 9.17) is 4.42 Å². The molecule has 1 amide bonds. The number of aryl methyl sites for hydroxylation is 1. The molecule has 0 aliphatic carbocycles. The van der Waals surface area contributed by atoms with Gasteiger partial charge < -0.3 is 9.32 Å². The normalized spacial score (nSPS) is 16.6. The van der Waals surface area contributed by atoms with Crippen molar-refractivity contribution in [1.29, 1.82) is 0 Å². The molecule has 1 aliphatic heterocycles. The Hall–Kier alpha value is -2.28. The van der Waals surface area contributed by atoms with E-state index in [1.54, 1.807) is 31.0 Å². The largest absolute Gasteiger partial charge is 0.424 e. The van der Waals surface area contributed by atoms with Crippen LogP contribution in [0.25, 0.3) is 0 Å². The van der Waals surface area contributed by atoms with E-state index in [2.05, 4.69) is 15.1 Å². The second kappa shape index (κ2) is 7.74. The summed E-state index contributed by atoms with van der Waals surface area (Å²) in [6.07, 6.45) is 3.31. The van der Waals surface area contributed by atoms with Crippen LogP contribution in [0.1, 0.15) is 42.6 Å². The van der Waals surface area contributed by atoms with Crippen molar-refractivity contribution in [3.8, 4) is 0 Å². The van der Waals surface area contributed by atoms with Gasteiger partial charge >= 0.3 is 0 Å². The van der Waals surface area contributed by atoms with Crippen LogP contribution < -0.4 is 0 Å². The van der Waals surface area contributed by atoms with Gasteiger partial charge in [0.2, 0.25) is 17.7 Å². The molecule has 6 nitrogen and oxygen atoms in total. The number of nitrogens with zero attached hydrogens (tertiary/aromatic N) is 4. The van der Waals surface area contributed by atoms with Gasteiger partial charge in [-0.15, -0.1) is 10.2 Å². The van der Waals surface area contributed by atoms with Gasteiger partial charge in [-0.05, 0) is 43.6 Å². The van der Waals surface area contributed by atoms with Gasteiger partial charge in [0, 0.05) is 14.0 Å². The first-order valence-electron chi connectivity index (χ1n) is 8.58. The SMILES string of the molecule is Cc1nnc(CN(C)C(=O)[C@H](c2ccc(F)cc2)N2CCCCC2)o1. The molecular formula is C18H23FN4O2. The second-order valence-electron chi connectivity index (χ2n) is 6.46. The number of hydrogen-bond acceptors (Lipinski definition) is 5. The molecular weight excluding hydrogens is 323 g/mol. The molecule has 25 heavy (non-hydrogen) atoms. The summed E-state index contributed by atoms with van der Waals surface area (Å²) in [5, 5.41) is 7.75. The van der Waals surface area contributed by atoms with Crippen LogP contribution >= 0.6 is 0 Å². The second-order valence-corrected chi connectivity index (χ2v) is 6.46. The summed E-state index contributed by atoms with van der Waals surface area (Å²) < 4.78 is 18.7. The van der Waals surface area contributed by atoms with Crippen molar-refractivity contribution in [1.82, 2.24) is 20.0 Å². The van der Waals surface area contributed by atoms with Crippen LogP contribution in [-0.4, -0.2) is 46.0 Å². The third kappa shape index (κ3) is 4.22. The molecule has 0 bridgehead atoms. The quantitative estimate of drug-likeness (QED) is 0.833. The number of aromatic nitrogens is 2. The smallest absolute Gasteiger partial charge is 0.244 e. The van der Waals surface area contributed by atoms with Gasteiger partial charge in [-0.1, -0.05) is 18.6 Å². The van der Waals surface area contributed by atoms with Gasteiger partial charge in [0.15, 0.2) is 0 Å². The number of likely N-dealkylation sites (N-methyl/N-ethyl adjacent to an activating group) is 1. The fourth-order valence-electron chi connectivity index (χ4n) is 3.22. The molecule has 7 heteroatoms. The highest BCUT2D eigenvalue weighted by molar-refractivity contribution is 5.83. The standard InChI is InChI=1S/C18H23FN4O2/c1-13-20-21-16(25-13)12-22(2)18(24)17(23-10-4-3-5-11-23)14-6-8-15(19)9-7-14/h6-9,17H,3-5,10-12H2,1-2H3/t17-/m0/s1. The van der Waals surface area contributed by atoms with Crippen molar-refractivity contribution in [2.45, 2.75) is 38.8 Å². The van der Waals surface area contributed by atoms with Crippen molar-refractivity contribution in [2.24, 2.45) is 0 Å². The van der Waals surface area contributed by atoms with Gasteiger partial charge in [0.25, 0.3) is 0 Å². The number of amides is 1. The maximum absolute atomic E-state index is 13.3. The molecule has 0 saturated carbocycles. The molecule has 134 valence electrons. The Balaban J connectivity index is 1.81. The Morgan fingerprint density at radius 3 is 2.52 bits per heavy atom. The van der Waals surface area contributed by atoms with Crippen molar-refractivity contribution in [2.75, 3.05) is 20.1 Å². The topological polar surface area (TPSA) is 62.5 Å². The maximum Gasteiger partial charge on any atom is 0.244 e. The average Bonchev–Trinajstić information content (AvgIpc) is 3.02. The highest BCUT2D eigenvalue weighted by Gasteiger charge is 2.31. The number of carbonyl (C=O) groups excluding carboxylic acids is 1. The minimum atomic E-state index is -0.421. The summed E-state index contributed by atoms with van der Waals surface area (Å²) in [5.41, 5.74) is 0.807. The molecule has 1 saturated heterocycles. The molecule has 1 aromatic heterocycles. The van der Waals surface area contributed by atoms with E-state index >= 15 is 0 Å². The Labute approximate surface area is 146 Å². The molecule has 1 fully saturated rings. The molecule has 0 spiro atoms.